The molecule has 0 saturated heterocycles. The first-order valence-electron chi connectivity index (χ1n) is 3.31. The molecule has 0 aliphatic rings. The minimum Gasteiger partial charge on any atom is -0.349 e. The molecular formula is C7H13NO2. The number of hydrogen-bond acceptors (Lipinski definition) is 2. The van der Waals surface area contributed by atoms with Crippen LogP contribution in [0, 0.1) is 5.92 Å². The van der Waals surface area contributed by atoms with Gasteiger partial charge in [0.15, 0.2) is 5.78 Å². The van der Waals surface area contributed by atoms with Gasteiger partial charge >= 0.3 is 0 Å². The molecule has 0 fully saturated rings. The fourth-order valence-corrected chi connectivity index (χ4v) is 0.416. The van der Waals surface area contributed by atoms with Crippen LogP contribution in [0.25, 0.3) is 0 Å². The number of ketones is 1. The van der Waals surface area contributed by atoms with E-state index >= 15 is 0 Å². The zero-order valence-corrected chi connectivity index (χ0v) is 6.60. The Morgan fingerprint density at radius 3 is 2.20 bits per heavy atom. The molecule has 0 spiro atoms. The number of Topliss-reactive ketones (excluding diaryl/α,β-unsaturated/α-hetero) is 1. The van der Waals surface area contributed by atoms with Crippen LogP contribution in [0.3, 0.4) is 0 Å². The van der Waals surface area contributed by atoms with Crippen LogP contribution < -0.4 is 5.32 Å². The van der Waals surface area contributed by atoms with Crippen LogP contribution in [0.15, 0.2) is 0 Å². The summed E-state index contributed by atoms with van der Waals surface area (Å²) in [4.78, 5) is 21.1. The molecule has 0 saturated carbocycles. The molecule has 1 N–H and O–H groups in total. The van der Waals surface area contributed by atoms with E-state index in [0.29, 0.717) is 0 Å². The second-order valence-corrected chi connectivity index (χ2v) is 2.53. The molecule has 0 unspecified atom stereocenters. The van der Waals surface area contributed by atoms with Gasteiger partial charge < -0.3 is 5.32 Å². The van der Waals surface area contributed by atoms with Crippen molar-refractivity contribution in [3.63, 3.8) is 0 Å². The maximum atomic E-state index is 10.8. The predicted molar refractivity (Wildman–Crippen MR) is 38.5 cm³/mol. The molecule has 0 aromatic rings. The fourth-order valence-electron chi connectivity index (χ4n) is 0.416. The monoisotopic (exact) mass is 143 g/mol. The summed E-state index contributed by atoms with van der Waals surface area (Å²) in [6.45, 7) is 5.18. The van der Waals surface area contributed by atoms with Crippen molar-refractivity contribution in [3.05, 3.63) is 0 Å². The van der Waals surface area contributed by atoms with Gasteiger partial charge in [-0.3, -0.25) is 9.59 Å². The van der Waals surface area contributed by atoms with Crippen molar-refractivity contribution < 1.29 is 9.59 Å². The van der Waals surface area contributed by atoms with E-state index in [1.807, 2.05) is 13.8 Å². The van der Waals surface area contributed by atoms with Gasteiger partial charge in [0.25, 0.3) is 0 Å². The van der Waals surface area contributed by atoms with Crippen LogP contribution >= 0.6 is 0 Å². The third kappa shape index (κ3) is 4.06. The van der Waals surface area contributed by atoms with Crippen LogP contribution in [-0.2, 0) is 9.59 Å². The van der Waals surface area contributed by atoms with Crippen LogP contribution in [0.5, 0.6) is 0 Å². The Kier molecular flexibility index (Phi) is 3.69. The summed E-state index contributed by atoms with van der Waals surface area (Å²) in [7, 11) is 0. The predicted octanol–water partition coefficient (Wildman–Crippen LogP) is 0.348. The highest BCUT2D eigenvalue weighted by molar-refractivity contribution is 5.86. The topological polar surface area (TPSA) is 46.2 Å². The van der Waals surface area contributed by atoms with Crippen molar-refractivity contribution in [1.29, 1.82) is 0 Å². The van der Waals surface area contributed by atoms with Gasteiger partial charge in [-0.05, 0) is 0 Å². The quantitative estimate of drug-likeness (QED) is 0.619. The average Bonchev–Trinajstić information content (AvgIpc) is 1.82. The molecule has 0 rings (SSSR count). The number of rotatable bonds is 3. The summed E-state index contributed by atoms with van der Waals surface area (Å²) in [5.74, 6) is -0.0870. The molecule has 58 valence electrons. The lowest BCUT2D eigenvalue weighted by Crippen LogP contribution is -2.29. The Labute approximate surface area is 60.8 Å². The van der Waals surface area contributed by atoms with Crippen molar-refractivity contribution in [2.45, 2.75) is 20.8 Å². The van der Waals surface area contributed by atoms with Crippen molar-refractivity contribution in [2.75, 3.05) is 6.54 Å². The highest BCUT2D eigenvalue weighted by Crippen LogP contribution is 1.91. The Balaban J connectivity index is 3.50. The SMILES string of the molecule is CC(=O)NCC(=O)C(C)C. The fraction of sp³-hybridized carbons (Fsp3) is 0.714. The average molecular weight is 143 g/mol. The summed E-state index contributed by atoms with van der Waals surface area (Å²) in [6, 6.07) is 0. The normalized spacial score (nSPS) is 9.60. The van der Waals surface area contributed by atoms with Crippen LogP contribution in [-0.4, -0.2) is 18.2 Å². The number of nitrogens with one attached hydrogen (secondary N) is 1. The van der Waals surface area contributed by atoms with E-state index in [2.05, 4.69) is 5.32 Å². The molecule has 0 atom stereocenters. The Bertz CT molecular complexity index is 141. The van der Waals surface area contributed by atoms with Crippen molar-refractivity contribution >= 4 is 11.7 Å². The Morgan fingerprint density at radius 2 is 1.90 bits per heavy atom. The smallest absolute Gasteiger partial charge is 0.217 e. The van der Waals surface area contributed by atoms with Gasteiger partial charge in [0.1, 0.15) is 0 Å². The van der Waals surface area contributed by atoms with Crippen LogP contribution in [0.4, 0.5) is 0 Å². The first kappa shape index (κ1) is 9.14. The van der Waals surface area contributed by atoms with Gasteiger partial charge in [0.05, 0.1) is 6.54 Å². The van der Waals surface area contributed by atoms with E-state index < -0.39 is 0 Å². The van der Waals surface area contributed by atoms with Crippen LogP contribution in [0.2, 0.25) is 0 Å². The number of carbonyl (C=O) groups is 2. The maximum Gasteiger partial charge on any atom is 0.217 e. The third-order valence-corrected chi connectivity index (χ3v) is 1.16. The summed E-state index contributed by atoms with van der Waals surface area (Å²) >= 11 is 0. The molecule has 0 aliphatic heterocycles. The number of amides is 1. The third-order valence-electron chi connectivity index (χ3n) is 1.16. The van der Waals surface area contributed by atoms with Gasteiger partial charge in [-0.15, -0.1) is 0 Å². The molecule has 0 radical (unpaired) electrons. The zero-order chi connectivity index (χ0) is 8.15. The molecule has 10 heavy (non-hydrogen) atoms. The summed E-state index contributed by atoms with van der Waals surface area (Å²) in [5, 5.41) is 2.44. The van der Waals surface area contributed by atoms with E-state index in [-0.39, 0.29) is 24.2 Å². The minimum atomic E-state index is -0.158. The van der Waals surface area contributed by atoms with Gasteiger partial charge in [-0.2, -0.15) is 0 Å². The van der Waals surface area contributed by atoms with E-state index in [9.17, 15) is 9.59 Å². The zero-order valence-electron chi connectivity index (χ0n) is 6.60. The molecule has 3 heteroatoms. The molecule has 0 bridgehead atoms. The van der Waals surface area contributed by atoms with E-state index in [0.717, 1.165) is 0 Å². The van der Waals surface area contributed by atoms with Gasteiger partial charge in [-0.25, -0.2) is 0 Å². The first-order valence-corrected chi connectivity index (χ1v) is 3.31. The van der Waals surface area contributed by atoms with Crippen molar-refractivity contribution in [3.8, 4) is 0 Å². The van der Waals surface area contributed by atoms with Gasteiger partial charge in [-0.1, -0.05) is 13.8 Å². The number of carbonyl (C=O) groups excluding carboxylic acids is 2. The van der Waals surface area contributed by atoms with Gasteiger partial charge in [0, 0.05) is 12.8 Å². The molecule has 0 aromatic heterocycles. The minimum absolute atomic E-state index is 0.00634. The molecule has 0 aliphatic carbocycles. The molecule has 0 heterocycles. The van der Waals surface area contributed by atoms with E-state index in [4.69, 9.17) is 0 Å². The molecule has 1 amide bonds. The first-order chi connectivity index (χ1) is 4.54. The second-order valence-electron chi connectivity index (χ2n) is 2.53. The standard InChI is InChI=1S/C7H13NO2/c1-5(2)7(10)4-8-6(3)9/h5H,4H2,1-3H3,(H,8,9). The second kappa shape index (κ2) is 4.04. The lowest BCUT2D eigenvalue weighted by molar-refractivity contribution is -0.125. The molecular weight excluding hydrogens is 130 g/mol. The largest absolute Gasteiger partial charge is 0.349 e. The number of hydrogen-bond donors (Lipinski definition) is 1. The lowest BCUT2D eigenvalue weighted by atomic mass is 10.1. The molecule has 0 aromatic carbocycles. The maximum absolute atomic E-state index is 10.8. The summed E-state index contributed by atoms with van der Waals surface area (Å²) in [5.41, 5.74) is 0. The van der Waals surface area contributed by atoms with E-state index in [1.165, 1.54) is 6.92 Å². The van der Waals surface area contributed by atoms with Gasteiger partial charge in [0.2, 0.25) is 5.91 Å². The summed E-state index contributed by atoms with van der Waals surface area (Å²) < 4.78 is 0. The van der Waals surface area contributed by atoms with Crippen molar-refractivity contribution in [1.82, 2.24) is 5.32 Å². The van der Waals surface area contributed by atoms with Crippen molar-refractivity contribution in [2.24, 2.45) is 5.92 Å². The molecule has 3 nitrogen and oxygen atoms in total. The Morgan fingerprint density at radius 1 is 1.40 bits per heavy atom. The Hall–Kier alpha value is -0.860. The van der Waals surface area contributed by atoms with E-state index in [1.54, 1.807) is 0 Å². The summed E-state index contributed by atoms with van der Waals surface area (Å²) in [6.07, 6.45) is 0. The highest BCUT2D eigenvalue weighted by Gasteiger charge is 2.05. The highest BCUT2D eigenvalue weighted by atomic mass is 16.2. The van der Waals surface area contributed by atoms with Crippen LogP contribution in [0.1, 0.15) is 20.8 Å². The lowest BCUT2D eigenvalue weighted by Gasteiger charge is -2.02.